The van der Waals surface area contributed by atoms with Crippen molar-refractivity contribution in [1.82, 2.24) is 9.97 Å². The first kappa shape index (κ1) is 14.4. The third-order valence-corrected chi connectivity index (χ3v) is 4.54. The number of hydrogen-bond acceptors (Lipinski definition) is 5. The monoisotopic (exact) mass is 336 g/mol. The zero-order valence-electron chi connectivity index (χ0n) is 10.7. The van der Waals surface area contributed by atoms with Gasteiger partial charge in [0.25, 0.3) is 0 Å². The molecular formula is C14H10Cl2N4S. The van der Waals surface area contributed by atoms with Crippen LogP contribution in [0.4, 0.5) is 5.95 Å². The topological polar surface area (TPSA) is 63.8 Å². The molecule has 0 aliphatic rings. The van der Waals surface area contributed by atoms with Gasteiger partial charge in [0.2, 0.25) is 5.95 Å². The molecule has 1 heterocycles. The summed E-state index contributed by atoms with van der Waals surface area (Å²) in [5.41, 5.74) is 3.31. The Kier molecular flexibility index (Phi) is 4.17. The molecule has 0 bridgehead atoms. The molecule has 0 unspecified atom stereocenters. The van der Waals surface area contributed by atoms with Gasteiger partial charge in [-0.15, -0.1) is 0 Å². The van der Waals surface area contributed by atoms with Gasteiger partial charge in [-0.3, -0.25) is 5.43 Å². The second-order valence-corrected chi connectivity index (χ2v) is 6.07. The Labute approximate surface area is 135 Å². The van der Waals surface area contributed by atoms with Crippen LogP contribution in [0.3, 0.4) is 0 Å². The SMILES string of the molecule is NNc1nc(Sc2ccc(Cl)c(Cl)c2)c2ccccc2n1. The lowest BCUT2D eigenvalue weighted by Gasteiger charge is -2.08. The van der Waals surface area contributed by atoms with E-state index in [1.54, 1.807) is 12.1 Å². The molecule has 0 atom stereocenters. The summed E-state index contributed by atoms with van der Waals surface area (Å²) in [6.45, 7) is 0. The van der Waals surface area contributed by atoms with E-state index in [1.807, 2.05) is 30.3 Å². The smallest absolute Gasteiger partial charge is 0.238 e. The van der Waals surface area contributed by atoms with Gasteiger partial charge in [-0.25, -0.2) is 15.8 Å². The minimum Gasteiger partial charge on any atom is -0.292 e. The van der Waals surface area contributed by atoms with Crippen molar-refractivity contribution in [2.75, 3.05) is 5.43 Å². The highest BCUT2D eigenvalue weighted by Crippen LogP contribution is 2.35. The van der Waals surface area contributed by atoms with Crippen molar-refractivity contribution in [2.24, 2.45) is 5.84 Å². The lowest BCUT2D eigenvalue weighted by atomic mass is 10.2. The number of benzene rings is 2. The van der Waals surface area contributed by atoms with E-state index in [1.165, 1.54) is 11.8 Å². The van der Waals surface area contributed by atoms with Crippen molar-refractivity contribution >= 4 is 51.8 Å². The maximum absolute atomic E-state index is 6.05. The molecule has 0 aliphatic carbocycles. The van der Waals surface area contributed by atoms with Crippen LogP contribution in [0.5, 0.6) is 0 Å². The first-order valence-corrected chi connectivity index (χ1v) is 7.61. The van der Waals surface area contributed by atoms with Crippen molar-refractivity contribution in [3.63, 3.8) is 0 Å². The summed E-state index contributed by atoms with van der Waals surface area (Å²) >= 11 is 13.5. The molecule has 3 N–H and O–H groups in total. The molecule has 0 amide bonds. The van der Waals surface area contributed by atoms with Crippen LogP contribution in [0.2, 0.25) is 10.0 Å². The van der Waals surface area contributed by atoms with Crippen LogP contribution in [-0.2, 0) is 0 Å². The number of nitrogens with two attached hydrogens (primary N) is 1. The van der Waals surface area contributed by atoms with E-state index >= 15 is 0 Å². The number of hydrogen-bond donors (Lipinski definition) is 2. The number of hydrazine groups is 1. The first-order valence-electron chi connectivity index (χ1n) is 6.03. The molecule has 21 heavy (non-hydrogen) atoms. The number of halogens is 2. The fraction of sp³-hybridized carbons (Fsp3) is 0. The largest absolute Gasteiger partial charge is 0.292 e. The zero-order valence-corrected chi connectivity index (χ0v) is 13.0. The number of aromatic nitrogens is 2. The lowest BCUT2D eigenvalue weighted by molar-refractivity contribution is 1.07. The van der Waals surface area contributed by atoms with Crippen LogP contribution in [-0.4, -0.2) is 9.97 Å². The van der Waals surface area contributed by atoms with E-state index in [2.05, 4.69) is 15.4 Å². The molecule has 0 radical (unpaired) electrons. The van der Waals surface area contributed by atoms with E-state index in [4.69, 9.17) is 29.0 Å². The summed E-state index contributed by atoms with van der Waals surface area (Å²) in [5.74, 6) is 5.80. The molecule has 3 aromatic rings. The quantitative estimate of drug-likeness (QED) is 0.422. The molecule has 0 spiro atoms. The maximum atomic E-state index is 6.05. The van der Waals surface area contributed by atoms with E-state index < -0.39 is 0 Å². The lowest BCUT2D eigenvalue weighted by Crippen LogP contribution is -2.10. The van der Waals surface area contributed by atoms with Crippen molar-refractivity contribution in [3.8, 4) is 0 Å². The Bertz CT molecular complexity index is 810. The number of nitrogens with one attached hydrogen (secondary N) is 1. The van der Waals surface area contributed by atoms with Crippen molar-refractivity contribution in [2.45, 2.75) is 9.92 Å². The van der Waals surface area contributed by atoms with Gasteiger partial charge >= 0.3 is 0 Å². The van der Waals surface area contributed by atoms with Gasteiger partial charge in [0.05, 0.1) is 15.6 Å². The van der Waals surface area contributed by atoms with E-state index in [9.17, 15) is 0 Å². The molecule has 106 valence electrons. The van der Waals surface area contributed by atoms with Gasteiger partial charge in [-0.2, -0.15) is 0 Å². The second-order valence-electron chi connectivity index (χ2n) is 4.19. The van der Waals surface area contributed by atoms with Crippen LogP contribution >= 0.6 is 35.0 Å². The molecule has 0 saturated heterocycles. The van der Waals surface area contributed by atoms with Crippen LogP contribution in [0.15, 0.2) is 52.4 Å². The molecule has 7 heteroatoms. The van der Waals surface area contributed by atoms with Gasteiger partial charge in [-0.1, -0.05) is 53.2 Å². The number of fused-ring (bicyclic) bond motifs is 1. The fourth-order valence-corrected chi connectivity index (χ4v) is 3.16. The number of anilines is 1. The third-order valence-electron chi connectivity index (χ3n) is 2.80. The van der Waals surface area contributed by atoms with E-state index in [0.29, 0.717) is 16.0 Å². The summed E-state index contributed by atoms with van der Waals surface area (Å²) in [7, 11) is 0. The van der Waals surface area contributed by atoms with Gasteiger partial charge in [0, 0.05) is 10.3 Å². The van der Waals surface area contributed by atoms with Gasteiger partial charge < -0.3 is 0 Å². The highest BCUT2D eigenvalue weighted by atomic mass is 35.5. The highest BCUT2D eigenvalue weighted by molar-refractivity contribution is 7.99. The van der Waals surface area contributed by atoms with Crippen LogP contribution < -0.4 is 11.3 Å². The molecule has 0 fully saturated rings. The van der Waals surface area contributed by atoms with Gasteiger partial charge in [-0.05, 0) is 24.3 Å². The standard InChI is InChI=1S/C14H10Cl2N4S/c15-10-6-5-8(7-11(10)16)21-13-9-3-1-2-4-12(9)18-14(19-13)20-17/h1-7H,17H2,(H,18,19,20). The Morgan fingerprint density at radius 1 is 1.00 bits per heavy atom. The third kappa shape index (κ3) is 3.06. The summed E-state index contributed by atoms with van der Waals surface area (Å²) < 4.78 is 0. The average Bonchev–Trinajstić information content (AvgIpc) is 2.51. The Balaban J connectivity index is 2.08. The summed E-state index contributed by atoms with van der Waals surface area (Å²) in [6.07, 6.45) is 0. The predicted octanol–water partition coefficient (Wildman–Crippen LogP) is 4.37. The summed E-state index contributed by atoms with van der Waals surface area (Å²) in [4.78, 5) is 9.67. The van der Waals surface area contributed by atoms with Crippen molar-refractivity contribution < 1.29 is 0 Å². The Morgan fingerprint density at radius 3 is 2.57 bits per heavy atom. The number of para-hydroxylation sites is 1. The molecule has 3 rings (SSSR count). The fourth-order valence-electron chi connectivity index (χ4n) is 1.84. The zero-order chi connectivity index (χ0) is 14.8. The van der Waals surface area contributed by atoms with E-state index in [-0.39, 0.29) is 0 Å². The van der Waals surface area contributed by atoms with Gasteiger partial charge in [0.1, 0.15) is 5.03 Å². The second kappa shape index (κ2) is 6.07. The molecular weight excluding hydrogens is 327 g/mol. The number of nitrogens with zero attached hydrogens (tertiary/aromatic N) is 2. The molecule has 1 aromatic heterocycles. The Morgan fingerprint density at radius 2 is 1.81 bits per heavy atom. The highest BCUT2D eigenvalue weighted by Gasteiger charge is 2.09. The molecule has 0 aliphatic heterocycles. The maximum Gasteiger partial charge on any atom is 0.238 e. The van der Waals surface area contributed by atoms with Crippen LogP contribution in [0, 0.1) is 0 Å². The minimum atomic E-state index is 0.372. The number of nitrogen functional groups attached to an aromatic ring is 1. The molecule has 2 aromatic carbocycles. The average molecular weight is 337 g/mol. The van der Waals surface area contributed by atoms with Crippen LogP contribution in [0.25, 0.3) is 10.9 Å². The minimum absolute atomic E-state index is 0.372. The normalized spacial score (nSPS) is 10.8. The van der Waals surface area contributed by atoms with Crippen molar-refractivity contribution in [1.29, 1.82) is 0 Å². The Hall–Kier alpha value is -1.53. The number of rotatable bonds is 3. The summed E-state index contributed by atoms with van der Waals surface area (Å²) in [6, 6.07) is 13.2. The van der Waals surface area contributed by atoms with Crippen LogP contribution in [0.1, 0.15) is 0 Å². The molecule has 4 nitrogen and oxygen atoms in total. The first-order chi connectivity index (χ1) is 10.2. The van der Waals surface area contributed by atoms with Gasteiger partial charge in [0.15, 0.2) is 0 Å². The predicted molar refractivity (Wildman–Crippen MR) is 87.9 cm³/mol. The van der Waals surface area contributed by atoms with E-state index in [0.717, 1.165) is 20.8 Å². The van der Waals surface area contributed by atoms with Crippen molar-refractivity contribution in [3.05, 3.63) is 52.5 Å². The molecule has 0 saturated carbocycles. The summed E-state index contributed by atoms with van der Waals surface area (Å²) in [5, 5.41) is 2.79.